The maximum absolute atomic E-state index is 12.4. The predicted molar refractivity (Wildman–Crippen MR) is 96.0 cm³/mol. The molecule has 0 aliphatic rings. The van der Waals surface area contributed by atoms with Crippen molar-refractivity contribution in [2.75, 3.05) is 12.4 Å². The Morgan fingerprint density at radius 2 is 2.17 bits per heavy atom. The SMILES string of the molecule is Cc1ccccc1-c1cc(NC(=O)N(C)Cc2cscn2)n(C)n1. The van der Waals surface area contributed by atoms with Gasteiger partial charge in [-0.15, -0.1) is 11.3 Å². The molecule has 3 aromatic rings. The number of carbonyl (C=O) groups excluding carboxylic acids is 1. The number of thiazole rings is 1. The van der Waals surface area contributed by atoms with Gasteiger partial charge in [-0.1, -0.05) is 24.3 Å². The minimum Gasteiger partial charge on any atom is -0.322 e. The highest BCUT2D eigenvalue weighted by Gasteiger charge is 2.14. The molecule has 0 fully saturated rings. The number of rotatable bonds is 4. The van der Waals surface area contributed by atoms with Crippen molar-refractivity contribution in [2.24, 2.45) is 7.05 Å². The molecule has 1 aromatic carbocycles. The normalized spacial score (nSPS) is 10.6. The summed E-state index contributed by atoms with van der Waals surface area (Å²) in [5, 5.41) is 9.33. The second kappa shape index (κ2) is 6.84. The largest absolute Gasteiger partial charge is 0.323 e. The summed E-state index contributed by atoms with van der Waals surface area (Å²) in [6, 6.07) is 9.75. The summed E-state index contributed by atoms with van der Waals surface area (Å²) in [7, 11) is 3.56. The van der Waals surface area contributed by atoms with Crippen LogP contribution in [-0.4, -0.2) is 32.7 Å². The van der Waals surface area contributed by atoms with Crippen molar-refractivity contribution in [1.29, 1.82) is 0 Å². The van der Waals surface area contributed by atoms with Crippen molar-refractivity contribution < 1.29 is 4.79 Å². The minimum absolute atomic E-state index is 0.192. The monoisotopic (exact) mass is 341 g/mol. The van der Waals surface area contributed by atoms with Crippen LogP contribution in [0.5, 0.6) is 0 Å². The highest BCUT2D eigenvalue weighted by atomic mass is 32.1. The highest BCUT2D eigenvalue weighted by Crippen LogP contribution is 2.24. The van der Waals surface area contributed by atoms with Crippen LogP contribution in [0.15, 0.2) is 41.2 Å². The Morgan fingerprint density at radius 3 is 2.88 bits per heavy atom. The number of anilines is 1. The Hall–Kier alpha value is -2.67. The second-order valence-corrected chi connectivity index (χ2v) is 6.34. The molecule has 2 aromatic heterocycles. The third kappa shape index (κ3) is 3.46. The molecule has 24 heavy (non-hydrogen) atoms. The number of nitrogens with zero attached hydrogens (tertiary/aromatic N) is 4. The van der Waals surface area contributed by atoms with Gasteiger partial charge in [0.05, 0.1) is 23.4 Å². The van der Waals surface area contributed by atoms with Gasteiger partial charge in [-0.25, -0.2) is 9.78 Å². The number of aryl methyl sites for hydroxylation is 2. The number of hydrogen-bond donors (Lipinski definition) is 1. The molecule has 0 atom stereocenters. The smallest absolute Gasteiger partial charge is 0.322 e. The van der Waals surface area contributed by atoms with Crippen LogP contribution in [0.25, 0.3) is 11.3 Å². The molecule has 0 saturated heterocycles. The number of hydrogen-bond acceptors (Lipinski definition) is 4. The molecule has 2 heterocycles. The fourth-order valence-electron chi connectivity index (χ4n) is 2.41. The molecular formula is C17H19N5OS. The average molecular weight is 341 g/mol. The lowest BCUT2D eigenvalue weighted by Gasteiger charge is -2.16. The number of amides is 2. The number of aromatic nitrogens is 3. The van der Waals surface area contributed by atoms with E-state index in [1.54, 1.807) is 22.1 Å². The topological polar surface area (TPSA) is 63.1 Å². The van der Waals surface area contributed by atoms with Gasteiger partial charge < -0.3 is 4.90 Å². The van der Waals surface area contributed by atoms with Crippen LogP contribution in [0.1, 0.15) is 11.3 Å². The lowest BCUT2D eigenvalue weighted by molar-refractivity contribution is 0.220. The van der Waals surface area contributed by atoms with Crippen LogP contribution in [0.2, 0.25) is 0 Å². The molecule has 124 valence electrons. The molecule has 0 aliphatic carbocycles. The zero-order valence-electron chi connectivity index (χ0n) is 13.9. The number of nitrogens with one attached hydrogen (secondary N) is 1. The van der Waals surface area contributed by atoms with Crippen LogP contribution in [0.4, 0.5) is 10.6 Å². The van der Waals surface area contributed by atoms with Gasteiger partial charge in [0.1, 0.15) is 5.82 Å². The molecule has 2 amide bonds. The molecular weight excluding hydrogens is 322 g/mol. The Kier molecular flexibility index (Phi) is 4.61. The fourth-order valence-corrected chi connectivity index (χ4v) is 2.96. The first-order chi connectivity index (χ1) is 11.5. The van der Waals surface area contributed by atoms with Gasteiger partial charge in [0.2, 0.25) is 0 Å². The molecule has 6 nitrogen and oxygen atoms in total. The van der Waals surface area contributed by atoms with Crippen LogP contribution in [0.3, 0.4) is 0 Å². The quantitative estimate of drug-likeness (QED) is 0.790. The van der Waals surface area contributed by atoms with Crippen molar-refractivity contribution in [3.63, 3.8) is 0 Å². The summed E-state index contributed by atoms with van der Waals surface area (Å²) in [5.74, 6) is 0.656. The summed E-state index contributed by atoms with van der Waals surface area (Å²) in [5.41, 5.74) is 5.69. The summed E-state index contributed by atoms with van der Waals surface area (Å²) >= 11 is 1.52. The first-order valence-corrected chi connectivity index (χ1v) is 8.48. The molecule has 0 unspecified atom stereocenters. The molecule has 0 spiro atoms. The van der Waals surface area contributed by atoms with Gasteiger partial charge in [0.25, 0.3) is 0 Å². The van der Waals surface area contributed by atoms with E-state index in [0.717, 1.165) is 22.5 Å². The van der Waals surface area contributed by atoms with E-state index >= 15 is 0 Å². The summed E-state index contributed by atoms with van der Waals surface area (Å²) in [4.78, 5) is 18.1. The Balaban J connectivity index is 1.74. The van der Waals surface area contributed by atoms with Crippen molar-refractivity contribution in [1.82, 2.24) is 19.7 Å². The maximum atomic E-state index is 12.4. The predicted octanol–water partition coefficient (Wildman–Crippen LogP) is 3.52. The van der Waals surface area contributed by atoms with E-state index in [2.05, 4.69) is 15.4 Å². The Bertz CT molecular complexity index is 841. The molecule has 0 radical (unpaired) electrons. The highest BCUT2D eigenvalue weighted by molar-refractivity contribution is 7.07. The maximum Gasteiger partial charge on any atom is 0.323 e. The average Bonchev–Trinajstić information content (AvgIpc) is 3.18. The van der Waals surface area contributed by atoms with Crippen molar-refractivity contribution >= 4 is 23.2 Å². The van der Waals surface area contributed by atoms with E-state index in [1.165, 1.54) is 11.3 Å². The second-order valence-electron chi connectivity index (χ2n) is 5.62. The molecule has 3 rings (SSSR count). The summed E-state index contributed by atoms with van der Waals surface area (Å²) in [6.45, 7) is 2.52. The molecule has 0 saturated carbocycles. The van der Waals surface area contributed by atoms with E-state index in [9.17, 15) is 4.79 Å². The number of carbonyl (C=O) groups is 1. The first kappa shape index (κ1) is 16.2. The van der Waals surface area contributed by atoms with Crippen LogP contribution in [0, 0.1) is 6.92 Å². The third-order valence-corrected chi connectivity index (χ3v) is 4.40. The van der Waals surface area contributed by atoms with E-state index < -0.39 is 0 Å². The molecule has 0 bridgehead atoms. The van der Waals surface area contributed by atoms with Gasteiger partial charge in [-0.05, 0) is 12.5 Å². The van der Waals surface area contributed by atoms with Crippen molar-refractivity contribution in [2.45, 2.75) is 13.5 Å². The van der Waals surface area contributed by atoms with Crippen LogP contribution < -0.4 is 5.32 Å². The first-order valence-electron chi connectivity index (χ1n) is 7.54. The lowest BCUT2D eigenvalue weighted by atomic mass is 10.1. The van der Waals surface area contributed by atoms with E-state index in [1.807, 2.05) is 49.7 Å². The van der Waals surface area contributed by atoms with E-state index in [0.29, 0.717) is 12.4 Å². The van der Waals surface area contributed by atoms with Gasteiger partial charge in [-0.3, -0.25) is 10.00 Å². The standard InChI is InChI=1S/C17H19N5OS/c1-12-6-4-5-7-14(12)15-8-16(22(3)20-15)19-17(23)21(2)9-13-10-24-11-18-13/h4-8,10-11H,9H2,1-3H3,(H,19,23). The Labute approximate surface area is 144 Å². The van der Waals surface area contributed by atoms with Gasteiger partial charge in [0.15, 0.2) is 0 Å². The lowest BCUT2D eigenvalue weighted by Crippen LogP contribution is -2.31. The number of urea groups is 1. The molecule has 1 N–H and O–H groups in total. The van der Waals surface area contributed by atoms with Crippen molar-refractivity contribution in [3.05, 3.63) is 52.5 Å². The fraction of sp³-hybridized carbons (Fsp3) is 0.235. The van der Waals surface area contributed by atoms with Gasteiger partial charge in [0, 0.05) is 31.1 Å². The Morgan fingerprint density at radius 1 is 1.38 bits per heavy atom. The van der Waals surface area contributed by atoms with Crippen molar-refractivity contribution in [3.8, 4) is 11.3 Å². The van der Waals surface area contributed by atoms with Gasteiger partial charge >= 0.3 is 6.03 Å². The molecule has 0 aliphatic heterocycles. The molecule has 7 heteroatoms. The van der Waals surface area contributed by atoms with Crippen LogP contribution >= 0.6 is 11.3 Å². The van der Waals surface area contributed by atoms with E-state index in [-0.39, 0.29) is 6.03 Å². The third-order valence-electron chi connectivity index (χ3n) is 3.77. The number of benzene rings is 1. The van der Waals surface area contributed by atoms with E-state index in [4.69, 9.17) is 0 Å². The van der Waals surface area contributed by atoms with Gasteiger partial charge in [-0.2, -0.15) is 5.10 Å². The van der Waals surface area contributed by atoms with Crippen LogP contribution in [-0.2, 0) is 13.6 Å². The zero-order valence-corrected chi connectivity index (χ0v) is 14.7. The summed E-state index contributed by atoms with van der Waals surface area (Å²) < 4.78 is 1.68. The minimum atomic E-state index is -0.192. The summed E-state index contributed by atoms with van der Waals surface area (Å²) in [6.07, 6.45) is 0. The zero-order chi connectivity index (χ0) is 17.1.